The predicted octanol–water partition coefficient (Wildman–Crippen LogP) is -1.78. The molecule has 2 saturated heterocycles. The van der Waals surface area contributed by atoms with Gasteiger partial charge in [0.05, 0.1) is 17.4 Å². The molecule has 38 heavy (non-hydrogen) atoms. The molecule has 2 amide bonds. The van der Waals surface area contributed by atoms with Gasteiger partial charge in [-0.15, -0.1) is 11.8 Å². The number of oxime groups is 1. The molecular formula is C24H29N7O5S2. The minimum Gasteiger partial charge on any atom is -0.543 e. The molecule has 3 unspecified atom stereocenters. The summed E-state index contributed by atoms with van der Waals surface area (Å²) in [5.74, 6) is -1.75. The average molecular weight is 560 g/mol. The number of nitrogens with one attached hydrogen (secondary N) is 2. The van der Waals surface area contributed by atoms with Gasteiger partial charge in [-0.2, -0.15) is 0 Å². The number of hydrogen-bond donors (Lipinski definition) is 3. The van der Waals surface area contributed by atoms with Gasteiger partial charge in [-0.3, -0.25) is 14.5 Å². The van der Waals surface area contributed by atoms with Crippen LogP contribution in [0.15, 0.2) is 52.1 Å². The van der Waals surface area contributed by atoms with E-state index in [1.807, 2.05) is 23.0 Å². The molecule has 202 valence electrons. The zero-order valence-corrected chi connectivity index (χ0v) is 22.6. The van der Waals surface area contributed by atoms with Gasteiger partial charge in [0, 0.05) is 40.8 Å². The van der Waals surface area contributed by atoms with Crippen LogP contribution in [-0.4, -0.2) is 83.2 Å². The number of β-lactam (4-membered cyclic amide) rings is 1. The van der Waals surface area contributed by atoms with Gasteiger partial charge in [-0.05, 0) is 26.1 Å². The predicted molar refractivity (Wildman–Crippen MR) is 140 cm³/mol. The van der Waals surface area contributed by atoms with Crippen LogP contribution in [0, 0.1) is 0 Å². The van der Waals surface area contributed by atoms with Gasteiger partial charge in [0.15, 0.2) is 24.7 Å². The van der Waals surface area contributed by atoms with Gasteiger partial charge in [-0.25, -0.2) is 4.57 Å². The van der Waals surface area contributed by atoms with Crippen molar-refractivity contribution in [2.75, 3.05) is 33.0 Å². The molecule has 1 aromatic heterocycles. The Labute approximate surface area is 228 Å². The topological polar surface area (TPSA) is 156 Å². The second-order valence-electron chi connectivity index (χ2n) is 9.51. The number of carbonyl (C=O) groups excluding carboxylic acids is 3. The molecule has 4 aliphatic heterocycles. The summed E-state index contributed by atoms with van der Waals surface area (Å²) in [6.07, 6.45) is 5.02. The van der Waals surface area contributed by atoms with Crippen molar-refractivity contribution in [2.24, 2.45) is 10.9 Å². The number of rotatable bonds is 8. The summed E-state index contributed by atoms with van der Waals surface area (Å²) in [5.41, 5.74) is 7.36. The Hall–Kier alpha value is -3.07. The molecule has 0 radical (unpaired) electrons. The number of amides is 2. The van der Waals surface area contributed by atoms with Crippen molar-refractivity contribution in [3.63, 3.8) is 0 Å². The average Bonchev–Trinajstić information content (AvgIpc) is 3.53. The molecule has 0 saturated carbocycles. The summed E-state index contributed by atoms with van der Waals surface area (Å²) >= 11 is 2.67. The fourth-order valence-electron chi connectivity index (χ4n) is 5.10. The smallest absolute Gasteiger partial charge is 0.276 e. The zero-order chi connectivity index (χ0) is 27.0. The van der Waals surface area contributed by atoms with E-state index in [-0.39, 0.29) is 11.4 Å². The highest BCUT2D eigenvalue weighted by atomic mass is 32.2. The fourth-order valence-corrected chi connectivity index (χ4v) is 7.10. The number of thioether (sulfide) groups is 2. The van der Waals surface area contributed by atoms with Crippen molar-refractivity contribution < 1.29 is 28.9 Å². The lowest BCUT2D eigenvalue weighted by Gasteiger charge is -2.50. The molecule has 0 bridgehead atoms. The highest BCUT2D eigenvalue weighted by Crippen LogP contribution is 2.40. The maximum atomic E-state index is 13.1. The van der Waals surface area contributed by atoms with Gasteiger partial charge in [0.1, 0.15) is 24.0 Å². The molecule has 2 fully saturated rings. The number of fused-ring (bicyclic) bond motifs is 1. The summed E-state index contributed by atoms with van der Waals surface area (Å²) < 4.78 is 1.95. The molecule has 0 spiro atoms. The summed E-state index contributed by atoms with van der Waals surface area (Å²) in [7, 11) is 3.41. The number of nitrogens with two attached hydrogens (primary N) is 1. The van der Waals surface area contributed by atoms with Gasteiger partial charge in [0.25, 0.3) is 11.8 Å². The number of pyridine rings is 1. The third-order valence-corrected chi connectivity index (χ3v) is 9.05. The van der Waals surface area contributed by atoms with Crippen LogP contribution in [-0.2, 0) is 25.8 Å². The van der Waals surface area contributed by atoms with Gasteiger partial charge >= 0.3 is 0 Å². The van der Waals surface area contributed by atoms with Crippen molar-refractivity contribution in [3.05, 3.63) is 52.5 Å². The Morgan fingerprint density at radius 1 is 1.42 bits per heavy atom. The van der Waals surface area contributed by atoms with E-state index < -0.39 is 34.7 Å². The van der Waals surface area contributed by atoms with E-state index in [9.17, 15) is 19.5 Å². The van der Waals surface area contributed by atoms with Gasteiger partial charge < -0.3 is 36.0 Å². The first kappa shape index (κ1) is 26.5. The highest BCUT2D eigenvalue weighted by Gasteiger charge is 2.53. The van der Waals surface area contributed by atoms with E-state index in [2.05, 4.69) is 33.8 Å². The molecule has 4 aliphatic rings. The Balaban J connectivity index is 1.31. The van der Waals surface area contributed by atoms with Crippen molar-refractivity contribution in [2.45, 2.75) is 35.8 Å². The molecule has 5 rings (SSSR count). The lowest BCUT2D eigenvalue weighted by molar-refractivity contribution is -0.689. The largest absolute Gasteiger partial charge is 0.543 e. The second kappa shape index (κ2) is 11.0. The van der Waals surface area contributed by atoms with Crippen LogP contribution in [0.2, 0.25) is 0 Å². The number of carboxylic acids is 1. The van der Waals surface area contributed by atoms with E-state index in [1.54, 1.807) is 5.41 Å². The normalized spacial score (nSPS) is 27.4. The molecule has 12 nitrogen and oxygen atoms in total. The highest BCUT2D eigenvalue weighted by molar-refractivity contribution is 8.02. The number of hydrogen-bond acceptors (Lipinski definition) is 11. The first-order valence-corrected chi connectivity index (χ1v) is 14.1. The lowest BCUT2D eigenvalue weighted by Crippen LogP contribution is -2.71. The first-order chi connectivity index (χ1) is 18.3. The van der Waals surface area contributed by atoms with Gasteiger partial charge in [0.2, 0.25) is 0 Å². The Kier molecular flexibility index (Phi) is 7.66. The SMILES string of the molecule is CO/N=C(\C(=O)N[C@@H]1C(=O)N2C(C(=O)[O-])=C(C[n+]3cccc(C4CCN(C)C4)c3)CSC12)C1=CSC(N)N1. The van der Waals surface area contributed by atoms with E-state index in [4.69, 9.17) is 10.6 Å². The number of aromatic nitrogens is 1. The summed E-state index contributed by atoms with van der Waals surface area (Å²) in [6.45, 7) is 2.36. The first-order valence-electron chi connectivity index (χ1n) is 12.1. The number of carboxylic acid groups (broad SMARTS) is 1. The van der Waals surface area contributed by atoms with Crippen LogP contribution in [0.4, 0.5) is 0 Å². The molecule has 0 aromatic carbocycles. The Morgan fingerprint density at radius 2 is 2.24 bits per heavy atom. The molecule has 4 N–H and O–H groups in total. The standard InChI is InChI=1S/C24H29N7O5S2/c1-29-7-5-14(8-29)13-4-3-6-30(9-13)10-15-11-37-22-18(21(33)31(22)19(15)23(34)35)27-20(32)17(28-36-2)16-12-38-24(25)26-16/h3-4,6,9,12,14,18,22,24,26H,5,7-8,10-11,25H2,1-2H3,(H-,27,32,34,35)/b28-17-/t14?,18-,22?,24?/m1/s1. The van der Waals surface area contributed by atoms with Gasteiger partial charge in [-0.1, -0.05) is 16.9 Å². The minimum atomic E-state index is -1.41. The quantitative estimate of drug-likeness (QED) is 0.144. The molecule has 5 heterocycles. The molecule has 1 aromatic rings. The van der Waals surface area contributed by atoms with Crippen molar-refractivity contribution in [1.82, 2.24) is 20.4 Å². The third kappa shape index (κ3) is 5.13. The molecule has 4 atom stereocenters. The van der Waals surface area contributed by atoms with E-state index in [0.29, 0.717) is 29.5 Å². The molecule has 14 heteroatoms. The maximum Gasteiger partial charge on any atom is 0.276 e. The van der Waals surface area contributed by atoms with E-state index >= 15 is 0 Å². The number of carbonyl (C=O) groups is 3. The number of likely N-dealkylation sites (tertiary alicyclic amines) is 1. The van der Waals surface area contributed by atoms with Crippen molar-refractivity contribution in [1.29, 1.82) is 0 Å². The number of nitrogens with zero attached hydrogens (tertiary/aromatic N) is 4. The van der Waals surface area contributed by atoms with Crippen LogP contribution < -0.4 is 26.0 Å². The number of aliphatic carboxylic acids is 1. The summed E-state index contributed by atoms with van der Waals surface area (Å²) in [6, 6.07) is 3.14. The second-order valence-corrected chi connectivity index (χ2v) is 11.6. The van der Waals surface area contributed by atoms with Crippen molar-refractivity contribution in [3.8, 4) is 0 Å². The van der Waals surface area contributed by atoms with Crippen molar-refractivity contribution >= 4 is 47.0 Å². The van der Waals surface area contributed by atoms with E-state index in [1.165, 1.54) is 41.1 Å². The van der Waals surface area contributed by atoms with E-state index in [0.717, 1.165) is 19.5 Å². The third-order valence-electron chi connectivity index (χ3n) is 6.93. The number of likely N-dealkylation sites (N-methyl/N-ethyl adjacent to an activating group) is 1. The monoisotopic (exact) mass is 559 g/mol. The summed E-state index contributed by atoms with van der Waals surface area (Å²) in [4.78, 5) is 46.5. The fraction of sp³-hybridized carbons (Fsp3) is 0.458. The zero-order valence-electron chi connectivity index (χ0n) is 21.0. The Bertz CT molecular complexity index is 1250. The van der Waals surface area contributed by atoms with Crippen LogP contribution in [0.3, 0.4) is 0 Å². The molecule has 0 aliphatic carbocycles. The minimum absolute atomic E-state index is 0.0545. The Morgan fingerprint density at radius 3 is 2.89 bits per heavy atom. The summed E-state index contributed by atoms with van der Waals surface area (Å²) in [5, 5.41) is 22.6. The van der Waals surface area contributed by atoms with Crippen LogP contribution >= 0.6 is 23.5 Å². The molecular weight excluding hydrogens is 530 g/mol. The van der Waals surface area contributed by atoms with Crippen LogP contribution in [0.1, 0.15) is 17.9 Å². The van der Waals surface area contributed by atoms with Crippen LogP contribution in [0.5, 0.6) is 0 Å². The lowest BCUT2D eigenvalue weighted by atomic mass is 10.00. The maximum absolute atomic E-state index is 13.1. The van der Waals surface area contributed by atoms with Crippen LogP contribution in [0.25, 0.3) is 0 Å².